The van der Waals surface area contributed by atoms with Crippen molar-refractivity contribution in [2.45, 2.75) is 33.4 Å². The van der Waals surface area contributed by atoms with Crippen LogP contribution in [0.2, 0.25) is 0 Å². The van der Waals surface area contributed by atoms with E-state index in [4.69, 9.17) is 0 Å². The average Bonchev–Trinajstić information content (AvgIpc) is 2.58. The zero-order valence-electron chi connectivity index (χ0n) is 10.8. The van der Waals surface area contributed by atoms with Crippen LogP contribution in [0.4, 0.5) is 5.69 Å². The number of fused-ring (bicyclic) bond motifs is 1. The minimum Gasteiger partial charge on any atom is -0.326 e. The summed E-state index contributed by atoms with van der Waals surface area (Å²) in [5.41, 5.74) is 3.58. The fraction of sp³-hybridized carbons (Fsp3) is 0.500. The second-order valence-electron chi connectivity index (χ2n) is 5.26. The highest BCUT2D eigenvalue weighted by molar-refractivity contribution is 5.91. The highest BCUT2D eigenvalue weighted by Gasteiger charge is 2.19. The molecule has 1 heterocycles. The summed E-state index contributed by atoms with van der Waals surface area (Å²) in [6.45, 7) is 6.02. The summed E-state index contributed by atoms with van der Waals surface area (Å²) < 4.78 is 0. The number of nitrogens with one attached hydrogen (secondary N) is 1. The fourth-order valence-electron chi connectivity index (χ4n) is 2.28. The minimum absolute atomic E-state index is 0.114. The molecule has 3 nitrogen and oxygen atoms in total. The summed E-state index contributed by atoms with van der Waals surface area (Å²) in [7, 11) is 2.10. The van der Waals surface area contributed by atoms with Gasteiger partial charge in [0, 0.05) is 25.2 Å². The van der Waals surface area contributed by atoms with Crippen molar-refractivity contribution in [2.24, 2.45) is 5.92 Å². The molecular weight excluding hydrogens is 212 g/mol. The predicted octanol–water partition coefficient (Wildman–Crippen LogP) is 2.62. The van der Waals surface area contributed by atoms with Gasteiger partial charge in [-0.2, -0.15) is 0 Å². The van der Waals surface area contributed by atoms with Gasteiger partial charge in [-0.05, 0) is 30.2 Å². The lowest BCUT2D eigenvalue weighted by atomic mass is 10.1. The highest BCUT2D eigenvalue weighted by atomic mass is 16.1. The molecule has 0 spiro atoms. The van der Waals surface area contributed by atoms with E-state index in [0.29, 0.717) is 12.3 Å². The van der Waals surface area contributed by atoms with Gasteiger partial charge < -0.3 is 5.32 Å². The van der Waals surface area contributed by atoms with Crippen molar-refractivity contribution >= 4 is 11.6 Å². The van der Waals surface area contributed by atoms with Crippen molar-refractivity contribution in [3.8, 4) is 0 Å². The third kappa shape index (κ3) is 2.86. The van der Waals surface area contributed by atoms with Gasteiger partial charge in [0.25, 0.3) is 0 Å². The first kappa shape index (κ1) is 12.1. The molecule has 1 aliphatic rings. The number of rotatable bonds is 3. The van der Waals surface area contributed by atoms with E-state index in [-0.39, 0.29) is 5.91 Å². The Morgan fingerprint density at radius 2 is 2.18 bits per heavy atom. The maximum Gasteiger partial charge on any atom is 0.224 e. The lowest BCUT2D eigenvalue weighted by molar-refractivity contribution is -0.116. The molecule has 92 valence electrons. The molecule has 0 aromatic heterocycles. The Kier molecular flexibility index (Phi) is 3.48. The summed E-state index contributed by atoms with van der Waals surface area (Å²) >= 11 is 0. The molecule has 3 heteroatoms. The van der Waals surface area contributed by atoms with Crippen LogP contribution in [0, 0.1) is 5.92 Å². The number of nitrogens with zero attached hydrogens (tertiary/aromatic N) is 1. The van der Waals surface area contributed by atoms with Crippen LogP contribution in [0.5, 0.6) is 0 Å². The second-order valence-corrected chi connectivity index (χ2v) is 5.26. The largest absolute Gasteiger partial charge is 0.326 e. The van der Waals surface area contributed by atoms with E-state index < -0.39 is 0 Å². The zero-order chi connectivity index (χ0) is 12.4. The molecule has 1 aromatic carbocycles. The number of hydrogen-bond acceptors (Lipinski definition) is 2. The minimum atomic E-state index is 0.114. The molecule has 1 amide bonds. The van der Waals surface area contributed by atoms with Crippen molar-refractivity contribution < 1.29 is 4.79 Å². The summed E-state index contributed by atoms with van der Waals surface area (Å²) in [5.74, 6) is 0.511. The molecule has 0 saturated carbocycles. The third-order valence-corrected chi connectivity index (χ3v) is 3.01. The lowest BCUT2D eigenvalue weighted by Gasteiger charge is -2.11. The van der Waals surface area contributed by atoms with Gasteiger partial charge in [0.2, 0.25) is 5.91 Å². The van der Waals surface area contributed by atoms with Gasteiger partial charge in [-0.25, -0.2) is 0 Å². The van der Waals surface area contributed by atoms with E-state index in [1.807, 2.05) is 12.1 Å². The lowest BCUT2D eigenvalue weighted by Crippen LogP contribution is -2.15. The van der Waals surface area contributed by atoms with Gasteiger partial charge >= 0.3 is 0 Å². The molecule has 1 aliphatic heterocycles. The summed E-state index contributed by atoms with van der Waals surface area (Å²) in [6, 6.07) is 6.15. The predicted molar refractivity (Wildman–Crippen MR) is 69.7 cm³/mol. The van der Waals surface area contributed by atoms with Crippen LogP contribution in [0.1, 0.15) is 31.4 Å². The van der Waals surface area contributed by atoms with E-state index in [1.165, 1.54) is 11.1 Å². The Labute approximate surface area is 103 Å². The van der Waals surface area contributed by atoms with Crippen LogP contribution in [0.25, 0.3) is 0 Å². The van der Waals surface area contributed by atoms with Crippen LogP contribution in [0.15, 0.2) is 18.2 Å². The maximum atomic E-state index is 11.8. The average molecular weight is 232 g/mol. The molecule has 0 saturated heterocycles. The van der Waals surface area contributed by atoms with Crippen LogP contribution < -0.4 is 5.32 Å². The summed E-state index contributed by atoms with van der Waals surface area (Å²) in [6.07, 6.45) is 0.583. The highest BCUT2D eigenvalue weighted by Crippen LogP contribution is 2.28. The smallest absolute Gasteiger partial charge is 0.224 e. The van der Waals surface area contributed by atoms with Crippen molar-refractivity contribution in [1.29, 1.82) is 0 Å². The Balaban J connectivity index is 2.13. The van der Waals surface area contributed by atoms with Crippen LogP contribution in [-0.2, 0) is 17.9 Å². The number of anilines is 1. The van der Waals surface area contributed by atoms with Crippen molar-refractivity contribution in [3.63, 3.8) is 0 Å². The Morgan fingerprint density at radius 1 is 1.41 bits per heavy atom. The summed E-state index contributed by atoms with van der Waals surface area (Å²) in [4.78, 5) is 14.0. The van der Waals surface area contributed by atoms with Gasteiger partial charge in [0.1, 0.15) is 0 Å². The molecule has 1 aromatic rings. The number of carbonyl (C=O) groups excluding carboxylic acids is 1. The molecule has 0 bridgehead atoms. The van der Waals surface area contributed by atoms with Crippen LogP contribution >= 0.6 is 0 Å². The first-order valence-electron chi connectivity index (χ1n) is 6.15. The molecule has 0 aliphatic carbocycles. The monoisotopic (exact) mass is 232 g/mol. The quantitative estimate of drug-likeness (QED) is 0.868. The maximum absolute atomic E-state index is 11.8. The van der Waals surface area contributed by atoms with Crippen LogP contribution in [-0.4, -0.2) is 17.9 Å². The third-order valence-electron chi connectivity index (χ3n) is 3.01. The number of benzene rings is 1. The van der Waals surface area contributed by atoms with E-state index >= 15 is 0 Å². The van der Waals surface area contributed by atoms with Crippen molar-refractivity contribution in [3.05, 3.63) is 29.3 Å². The topological polar surface area (TPSA) is 32.3 Å². The second kappa shape index (κ2) is 4.88. The molecule has 0 radical (unpaired) electrons. The fourth-order valence-corrected chi connectivity index (χ4v) is 2.28. The van der Waals surface area contributed by atoms with Gasteiger partial charge in [-0.15, -0.1) is 0 Å². The molecule has 2 rings (SSSR count). The Hall–Kier alpha value is -1.35. The van der Waals surface area contributed by atoms with E-state index in [0.717, 1.165) is 18.8 Å². The molecule has 0 atom stereocenters. The Bertz CT molecular complexity index is 426. The molecular formula is C14H20N2O. The van der Waals surface area contributed by atoms with Gasteiger partial charge in [-0.1, -0.05) is 26.0 Å². The molecule has 0 unspecified atom stereocenters. The van der Waals surface area contributed by atoms with E-state index in [2.05, 4.69) is 37.2 Å². The SMILES string of the molecule is CC(C)CC(=O)Nc1cccc2c1CN(C)C2. The van der Waals surface area contributed by atoms with Crippen molar-refractivity contribution in [1.82, 2.24) is 4.90 Å². The van der Waals surface area contributed by atoms with Gasteiger partial charge in [0.05, 0.1) is 0 Å². The van der Waals surface area contributed by atoms with Gasteiger partial charge in [0.15, 0.2) is 0 Å². The van der Waals surface area contributed by atoms with Crippen LogP contribution in [0.3, 0.4) is 0 Å². The molecule has 1 N–H and O–H groups in total. The molecule has 17 heavy (non-hydrogen) atoms. The standard InChI is InChI=1S/C14H20N2O/c1-10(2)7-14(17)15-13-6-4-5-11-8-16(3)9-12(11)13/h4-6,10H,7-9H2,1-3H3,(H,15,17). The van der Waals surface area contributed by atoms with E-state index in [1.54, 1.807) is 0 Å². The molecule has 0 fully saturated rings. The summed E-state index contributed by atoms with van der Waals surface area (Å²) in [5, 5.41) is 3.03. The normalized spacial score (nSPS) is 15.1. The van der Waals surface area contributed by atoms with E-state index in [9.17, 15) is 4.79 Å². The first-order valence-corrected chi connectivity index (χ1v) is 6.15. The van der Waals surface area contributed by atoms with Gasteiger partial charge in [-0.3, -0.25) is 9.69 Å². The number of carbonyl (C=O) groups is 1. The number of hydrogen-bond donors (Lipinski definition) is 1. The zero-order valence-corrected chi connectivity index (χ0v) is 10.8. The Morgan fingerprint density at radius 3 is 2.88 bits per heavy atom. The number of amides is 1. The van der Waals surface area contributed by atoms with Crippen molar-refractivity contribution in [2.75, 3.05) is 12.4 Å². The first-order chi connectivity index (χ1) is 8.06.